The minimum absolute atomic E-state index is 0.275. The molecule has 144 valence electrons. The summed E-state index contributed by atoms with van der Waals surface area (Å²) >= 11 is 0. The molecular formula is C17H13F5N2O3. The maximum atomic E-state index is 13.3. The Balaban J connectivity index is 2.09. The lowest BCUT2D eigenvalue weighted by Gasteiger charge is -2.31. The third kappa shape index (κ3) is 4.59. The van der Waals surface area contributed by atoms with E-state index in [1.165, 1.54) is 18.2 Å². The van der Waals surface area contributed by atoms with Crippen LogP contribution in [0.2, 0.25) is 0 Å². The second-order valence-electron chi connectivity index (χ2n) is 5.49. The second kappa shape index (κ2) is 7.70. The number of hydrogen-bond donors (Lipinski definition) is 3. The average Bonchev–Trinajstić information content (AvgIpc) is 2.62. The number of aliphatic hydroxyl groups is 1. The summed E-state index contributed by atoms with van der Waals surface area (Å²) in [6.07, 6.45) is -5.14. The lowest BCUT2D eigenvalue weighted by atomic mass is 9.93. The Bertz CT molecular complexity index is 842. The van der Waals surface area contributed by atoms with Crippen molar-refractivity contribution in [1.82, 2.24) is 5.32 Å². The van der Waals surface area contributed by atoms with Gasteiger partial charge in [0, 0.05) is 11.8 Å². The predicted octanol–water partition coefficient (Wildman–Crippen LogP) is 2.47. The molecule has 0 fully saturated rings. The van der Waals surface area contributed by atoms with Crippen molar-refractivity contribution in [2.24, 2.45) is 0 Å². The van der Waals surface area contributed by atoms with E-state index >= 15 is 0 Å². The smallest absolute Gasteiger partial charge is 0.375 e. The second-order valence-corrected chi connectivity index (χ2v) is 5.49. The highest BCUT2D eigenvalue weighted by molar-refractivity contribution is 6.39. The summed E-state index contributed by atoms with van der Waals surface area (Å²) in [6.45, 7) is -1.33. The van der Waals surface area contributed by atoms with Gasteiger partial charge in [-0.1, -0.05) is 30.3 Å². The van der Waals surface area contributed by atoms with E-state index in [-0.39, 0.29) is 5.69 Å². The third-order valence-corrected chi connectivity index (χ3v) is 3.61. The van der Waals surface area contributed by atoms with Gasteiger partial charge in [-0.05, 0) is 17.7 Å². The lowest BCUT2D eigenvalue weighted by molar-refractivity contribution is -0.264. The van der Waals surface area contributed by atoms with Gasteiger partial charge in [-0.2, -0.15) is 13.2 Å². The number of carbonyl (C=O) groups excluding carboxylic acids is 2. The monoisotopic (exact) mass is 388 g/mol. The topological polar surface area (TPSA) is 78.4 Å². The van der Waals surface area contributed by atoms with E-state index in [0.717, 1.165) is 18.2 Å². The van der Waals surface area contributed by atoms with E-state index in [0.29, 0.717) is 12.1 Å². The van der Waals surface area contributed by atoms with Crippen molar-refractivity contribution >= 4 is 17.5 Å². The fourth-order valence-electron chi connectivity index (χ4n) is 2.13. The Morgan fingerprint density at radius 2 is 1.56 bits per heavy atom. The van der Waals surface area contributed by atoms with E-state index < -0.39 is 47.3 Å². The molecule has 0 aliphatic rings. The van der Waals surface area contributed by atoms with Gasteiger partial charge in [0.15, 0.2) is 11.6 Å². The van der Waals surface area contributed by atoms with Crippen molar-refractivity contribution in [2.45, 2.75) is 11.8 Å². The van der Waals surface area contributed by atoms with Crippen LogP contribution in [0.1, 0.15) is 5.56 Å². The first kappa shape index (κ1) is 20.3. The number of benzene rings is 2. The number of halogens is 5. The molecule has 3 N–H and O–H groups in total. The minimum atomic E-state index is -5.14. The molecule has 0 radical (unpaired) electrons. The Morgan fingerprint density at radius 3 is 2.11 bits per heavy atom. The number of rotatable bonds is 4. The molecule has 2 aromatic carbocycles. The number of anilines is 1. The van der Waals surface area contributed by atoms with Crippen molar-refractivity contribution in [2.75, 3.05) is 11.9 Å². The van der Waals surface area contributed by atoms with Crippen LogP contribution in [-0.4, -0.2) is 29.6 Å². The molecule has 0 spiro atoms. The Labute approximate surface area is 149 Å². The summed E-state index contributed by atoms with van der Waals surface area (Å²) in [6, 6.07) is 8.25. The van der Waals surface area contributed by atoms with Gasteiger partial charge in [-0.15, -0.1) is 0 Å². The first-order chi connectivity index (χ1) is 12.5. The number of nitrogens with one attached hydrogen (secondary N) is 2. The summed E-state index contributed by atoms with van der Waals surface area (Å²) in [4.78, 5) is 23.4. The van der Waals surface area contributed by atoms with Crippen LogP contribution in [-0.2, 0) is 15.2 Å². The standard InChI is InChI=1S/C17H13F5N2O3/c18-12-7-6-11(8-13(12)19)24-15(26)14(25)23-9-16(27,17(20,21)22)10-4-2-1-3-5-10/h1-8,27H,9H2,(H,23,25)(H,24,26)/t16-/m0/s1. The number of carbonyl (C=O) groups is 2. The molecule has 2 amide bonds. The molecule has 0 aromatic heterocycles. The van der Waals surface area contributed by atoms with Gasteiger partial charge >= 0.3 is 18.0 Å². The van der Waals surface area contributed by atoms with Crippen LogP contribution in [0.5, 0.6) is 0 Å². The highest BCUT2D eigenvalue weighted by Gasteiger charge is 2.55. The highest BCUT2D eigenvalue weighted by Crippen LogP contribution is 2.38. The molecule has 10 heteroatoms. The zero-order valence-corrected chi connectivity index (χ0v) is 13.5. The Hall–Kier alpha value is -3.01. The van der Waals surface area contributed by atoms with E-state index in [2.05, 4.69) is 0 Å². The first-order valence-corrected chi connectivity index (χ1v) is 7.43. The van der Waals surface area contributed by atoms with Gasteiger partial charge in [0.05, 0.1) is 6.54 Å². The maximum Gasteiger partial charge on any atom is 0.423 e. The van der Waals surface area contributed by atoms with Gasteiger partial charge in [0.2, 0.25) is 5.60 Å². The van der Waals surface area contributed by atoms with Crippen molar-refractivity contribution in [3.63, 3.8) is 0 Å². The highest BCUT2D eigenvalue weighted by atomic mass is 19.4. The fraction of sp³-hybridized carbons (Fsp3) is 0.176. The SMILES string of the molecule is O=C(NC[C@](O)(c1ccccc1)C(F)(F)F)C(=O)Nc1ccc(F)c(F)c1. The number of amides is 2. The first-order valence-electron chi connectivity index (χ1n) is 7.43. The number of hydrogen-bond acceptors (Lipinski definition) is 3. The molecule has 0 saturated carbocycles. The molecule has 0 bridgehead atoms. The molecule has 0 aliphatic carbocycles. The van der Waals surface area contributed by atoms with Crippen LogP contribution in [0.4, 0.5) is 27.6 Å². The summed E-state index contributed by atoms with van der Waals surface area (Å²) < 4.78 is 65.8. The van der Waals surface area contributed by atoms with Crippen LogP contribution >= 0.6 is 0 Å². The van der Waals surface area contributed by atoms with Gasteiger partial charge in [0.1, 0.15) is 0 Å². The van der Waals surface area contributed by atoms with Gasteiger partial charge in [0.25, 0.3) is 0 Å². The summed E-state index contributed by atoms with van der Waals surface area (Å²) in [5, 5.41) is 13.6. The molecule has 2 aromatic rings. The fourth-order valence-corrected chi connectivity index (χ4v) is 2.13. The van der Waals surface area contributed by atoms with Crippen molar-refractivity contribution in [1.29, 1.82) is 0 Å². The molecule has 0 heterocycles. The molecule has 0 saturated heterocycles. The quantitative estimate of drug-likeness (QED) is 0.556. The van der Waals surface area contributed by atoms with Crippen LogP contribution in [0, 0.1) is 11.6 Å². The molecule has 0 aliphatic heterocycles. The number of alkyl halides is 3. The van der Waals surface area contributed by atoms with E-state index in [1.54, 1.807) is 5.32 Å². The molecule has 27 heavy (non-hydrogen) atoms. The molecule has 0 unspecified atom stereocenters. The largest absolute Gasteiger partial charge is 0.423 e. The zero-order valence-electron chi connectivity index (χ0n) is 13.5. The van der Waals surface area contributed by atoms with Gasteiger partial charge in [-0.3, -0.25) is 9.59 Å². The Kier molecular flexibility index (Phi) is 5.79. The minimum Gasteiger partial charge on any atom is -0.375 e. The zero-order chi connectivity index (χ0) is 20.2. The van der Waals surface area contributed by atoms with E-state index in [1.807, 2.05) is 5.32 Å². The molecule has 1 atom stereocenters. The van der Waals surface area contributed by atoms with Crippen molar-refractivity contribution in [3.8, 4) is 0 Å². The van der Waals surface area contributed by atoms with Crippen molar-refractivity contribution < 1.29 is 36.6 Å². The van der Waals surface area contributed by atoms with Crippen molar-refractivity contribution in [3.05, 3.63) is 65.7 Å². The third-order valence-electron chi connectivity index (χ3n) is 3.61. The van der Waals surface area contributed by atoms with Crippen LogP contribution in [0.25, 0.3) is 0 Å². The molecule has 2 rings (SSSR count). The van der Waals surface area contributed by atoms with Crippen LogP contribution < -0.4 is 10.6 Å². The summed E-state index contributed by atoms with van der Waals surface area (Å²) in [7, 11) is 0. The Morgan fingerprint density at radius 1 is 0.926 bits per heavy atom. The van der Waals surface area contributed by atoms with Crippen LogP contribution in [0.15, 0.2) is 48.5 Å². The van der Waals surface area contributed by atoms with E-state index in [4.69, 9.17) is 0 Å². The van der Waals surface area contributed by atoms with Crippen LogP contribution in [0.3, 0.4) is 0 Å². The van der Waals surface area contributed by atoms with E-state index in [9.17, 15) is 36.6 Å². The van der Waals surface area contributed by atoms with Gasteiger partial charge < -0.3 is 15.7 Å². The lowest BCUT2D eigenvalue weighted by Crippen LogP contribution is -2.52. The molecule has 5 nitrogen and oxygen atoms in total. The summed E-state index contributed by atoms with van der Waals surface area (Å²) in [5.74, 6) is -5.39. The molecular weight excluding hydrogens is 375 g/mol. The van der Waals surface area contributed by atoms with Gasteiger partial charge in [-0.25, -0.2) is 8.78 Å². The summed E-state index contributed by atoms with van der Waals surface area (Å²) in [5.41, 5.74) is -4.23. The normalized spacial score (nSPS) is 13.6. The maximum absolute atomic E-state index is 13.3. The average molecular weight is 388 g/mol. The predicted molar refractivity (Wildman–Crippen MR) is 84.4 cm³/mol.